The second-order valence-corrected chi connectivity index (χ2v) is 14.2. The van der Waals surface area contributed by atoms with E-state index in [1.165, 1.54) is 0 Å². The minimum absolute atomic E-state index is 2.13. The van der Waals surface area contributed by atoms with E-state index in [-0.39, 0.29) is 0 Å². The van der Waals surface area contributed by atoms with E-state index >= 15 is 0 Å². The summed E-state index contributed by atoms with van der Waals surface area (Å²) in [6, 6.07) is 0. The number of phosphoric ester groups is 1. The van der Waals surface area contributed by atoms with Gasteiger partial charge in [-0.2, -0.15) is 180 Å². The van der Waals surface area contributed by atoms with Gasteiger partial charge in [0.05, 0.1) is 6.61 Å². The standard InChI is InChI=1S/C23H8F41O4P/c24-4(25,2-1-3-68-69(65,66)67)5(26,27)6(28,29)7(30,31)8(32,33)9(34,35)10(36,37)11(38,39)12(40,41)13(42,43)14(44,45)15(46,47)16(48,49)17(50,51)18(52,53)19(54,55)20(56,57)21(58,59)22(60,61)23(62,63)64/h1-3H2,(H2,65,66,67). The summed E-state index contributed by atoms with van der Waals surface area (Å²) in [5.74, 6) is -189. The topological polar surface area (TPSA) is 66.8 Å². The van der Waals surface area contributed by atoms with Crippen molar-refractivity contribution in [3.05, 3.63) is 0 Å². The van der Waals surface area contributed by atoms with Crippen molar-refractivity contribution < 1.29 is 199 Å². The van der Waals surface area contributed by atoms with Crippen LogP contribution in [-0.2, 0) is 9.09 Å². The van der Waals surface area contributed by atoms with Gasteiger partial charge in [0.15, 0.2) is 0 Å². The summed E-state index contributed by atoms with van der Waals surface area (Å²) in [4.78, 5) is 16.4. The Morgan fingerprint density at radius 2 is 0.406 bits per heavy atom. The van der Waals surface area contributed by atoms with Crippen LogP contribution < -0.4 is 0 Å². The molecule has 0 spiro atoms. The zero-order valence-electron chi connectivity index (χ0n) is 29.8. The maximum Gasteiger partial charge on any atom is 0.469 e. The molecule has 0 aromatic rings. The molecule has 416 valence electrons. The van der Waals surface area contributed by atoms with Crippen molar-refractivity contribution in [3.63, 3.8) is 0 Å². The smallest absolute Gasteiger partial charge is 0.303 e. The molecule has 0 aromatic heterocycles. The Balaban J connectivity index is 7.85. The molecule has 0 saturated heterocycles. The van der Waals surface area contributed by atoms with E-state index in [0.29, 0.717) is 0 Å². The molecule has 0 amide bonds. The lowest BCUT2D eigenvalue weighted by molar-refractivity contribution is -0.495. The molecule has 0 bridgehead atoms. The van der Waals surface area contributed by atoms with Gasteiger partial charge in [0.2, 0.25) is 0 Å². The molecule has 4 nitrogen and oxygen atoms in total. The molecule has 0 unspecified atom stereocenters. The van der Waals surface area contributed by atoms with Gasteiger partial charge < -0.3 is 9.79 Å². The monoisotopic (exact) mass is 1160 g/mol. The second-order valence-electron chi connectivity index (χ2n) is 13.0. The summed E-state index contributed by atoms with van der Waals surface area (Å²) in [6.07, 6.45) is -14.3. The number of halogens is 41. The van der Waals surface area contributed by atoms with E-state index in [1.807, 2.05) is 0 Å². The van der Waals surface area contributed by atoms with Crippen molar-refractivity contribution in [2.75, 3.05) is 6.61 Å². The first kappa shape index (κ1) is 66.2. The maximum absolute atomic E-state index is 14.1. The summed E-state index contributed by atoms with van der Waals surface area (Å²) >= 11 is 0. The van der Waals surface area contributed by atoms with E-state index in [2.05, 4.69) is 4.52 Å². The third-order valence-electron chi connectivity index (χ3n) is 8.41. The van der Waals surface area contributed by atoms with Crippen LogP contribution in [0.1, 0.15) is 12.8 Å². The molecule has 0 fully saturated rings. The molecule has 0 atom stereocenters. The largest absolute Gasteiger partial charge is 0.469 e. The van der Waals surface area contributed by atoms with Gasteiger partial charge in [0.1, 0.15) is 0 Å². The van der Waals surface area contributed by atoms with Crippen LogP contribution in [0.2, 0.25) is 0 Å². The van der Waals surface area contributed by atoms with Crippen LogP contribution in [0.5, 0.6) is 0 Å². The SMILES string of the molecule is O=P(O)(O)OCCCC(F)(F)C(F)(F)C(F)(F)C(F)(F)C(F)(F)C(F)(F)C(F)(F)C(F)(F)C(F)(F)C(F)(F)C(F)(F)C(F)(F)C(F)(F)C(F)(F)C(F)(F)C(F)(F)C(F)(F)C(F)(F)C(F)(F)C(F)(F)F. The van der Waals surface area contributed by atoms with Crippen LogP contribution in [0.25, 0.3) is 0 Å². The first-order valence-corrected chi connectivity index (χ1v) is 16.4. The van der Waals surface area contributed by atoms with Gasteiger partial charge in [0, 0.05) is 6.42 Å². The first-order chi connectivity index (χ1) is 29.0. The second kappa shape index (κ2) is 16.6. The summed E-state index contributed by atoms with van der Waals surface area (Å²) < 4.78 is 576. The number of alkyl halides is 41. The molecule has 0 rings (SSSR count). The van der Waals surface area contributed by atoms with Crippen molar-refractivity contribution in [2.45, 2.75) is 132 Å². The summed E-state index contributed by atoms with van der Waals surface area (Å²) in [6.45, 7) is -2.13. The minimum atomic E-state index is -10.7. The van der Waals surface area contributed by atoms with E-state index in [1.54, 1.807) is 0 Å². The Bertz CT molecular complexity index is 1890. The quantitative estimate of drug-likeness (QED) is 0.0608. The van der Waals surface area contributed by atoms with Crippen molar-refractivity contribution in [1.82, 2.24) is 0 Å². The fraction of sp³-hybridized carbons (Fsp3) is 1.00. The molecule has 0 aliphatic heterocycles. The molecule has 0 radical (unpaired) electrons. The van der Waals surface area contributed by atoms with Gasteiger partial charge in [-0.25, -0.2) is 4.57 Å². The summed E-state index contributed by atoms with van der Waals surface area (Å²) in [5.41, 5.74) is 0. The van der Waals surface area contributed by atoms with Crippen LogP contribution in [-0.4, -0.2) is 135 Å². The normalized spacial score (nSPS) is 17.2. The highest BCUT2D eigenvalue weighted by Gasteiger charge is 3.03. The Labute approximate surface area is 346 Å². The van der Waals surface area contributed by atoms with Crippen LogP contribution in [0.15, 0.2) is 0 Å². The van der Waals surface area contributed by atoms with Crippen LogP contribution in [0.4, 0.5) is 180 Å². The van der Waals surface area contributed by atoms with Gasteiger partial charge >= 0.3 is 127 Å². The van der Waals surface area contributed by atoms with E-state index in [4.69, 9.17) is 9.79 Å². The first-order valence-electron chi connectivity index (χ1n) is 14.9. The average Bonchev–Trinajstić information content (AvgIpc) is 3.10. The summed E-state index contributed by atoms with van der Waals surface area (Å²) in [5, 5.41) is 0. The summed E-state index contributed by atoms with van der Waals surface area (Å²) in [7, 11) is -5.90. The van der Waals surface area contributed by atoms with Gasteiger partial charge in [-0.15, -0.1) is 0 Å². The number of hydrogen-bond donors (Lipinski definition) is 2. The lowest BCUT2D eigenvalue weighted by atomic mass is 9.81. The molecule has 0 aliphatic carbocycles. The molecular formula is C23H8F41O4P. The Morgan fingerprint density at radius 1 is 0.261 bits per heavy atom. The molecule has 46 heteroatoms. The number of rotatable bonds is 23. The fourth-order valence-corrected chi connectivity index (χ4v) is 4.56. The van der Waals surface area contributed by atoms with E-state index in [9.17, 15) is 185 Å². The third kappa shape index (κ3) is 8.31. The number of phosphoric acid groups is 1. The lowest BCUT2D eigenvalue weighted by Crippen LogP contribution is -2.80. The van der Waals surface area contributed by atoms with Crippen LogP contribution in [0, 0.1) is 0 Å². The van der Waals surface area contributed by atoms with Gasteiger partial charge in [-0.3, -0.25) is 4.52 Å². The van der Waals surface area contributed by atoms with Crippen LogP contribution >= 0.6 is 7.82 Å². The Hall–Kier alpha value is -2.76. The molecule has 0 aromatic carbocycles. The molecule has 2 N–H and O–H groups in total. The minimum Gasteiger partial charge on any atom is -0.303 e. The molecule has 69 heavy (non-hydrogen) atoms. The van der Waals surface area contributed by atoms with Gasteiger partial charge in [-0.1, -0.05) is 0 Å². The van der Waals surface area contributed by atoms with Gasteiger partial charge in [-0.05, 0) is 6.42 Å². The Kier molecular flexibility index (Phi) is 16.0. The number of hydrogen-bond acceptors (Lipinski definition) is 2. The van der Waals surface area contributed by atoms with E-state index in [0.717, 1.165) is 0 Å². The maximum atomic E-state index is 14.1. The van der Waals surface area contributed by atoms with Gasteiger partial charge in [0.25, 0.3) is 0 Å². The van der Waals surface area contributed by atoms with Crippen molar-refractivity contribution in [3.8, 4) is 0 Å². The highest BCUT2D eigenvalue weighted by molar-refractivity contribution is 7.46. The average molecular weight is 1160 g/mol. The highest BCUT2D eigenvalue weighted by Crippen LogP contribution is 2.71. The Morgan fingerprint density at radius 3 is 0.551 bits per heavy atom. The molecular weight excluding hydrogens is 1150 g/mol. The van der Waals surface area contributed by atoms with Crippen molar-refractivity contribution in [1.29, 1.82) is 0 Å². The fourth-order valence-electron chi connectivity index (χ4n) is 4.20. The van der Waals surface area contributed by atoms with Crippen molar-refractivity contribution in [2.24, 2.45) is 0 Å². The lowest BCUT2D eigenvalue weighted by Gasteiger charge is -2.47. The van der Waals surface area contributed by atoms with Crippen LogP contribution in [0.3, 0.4) is 0 Å². The highest BCUT2D eigenvalue weighted by atomic mass is 31.2. The predicted molar refractivity (Wildman–Crippen MR) is 127 cm³/mol. The van der Waals surface area contributed by atoms with E-state index < -0.39 is 146 Å². The predicted octanol–water partition coefficient (Wildman–Crippen LogP) is 13.5. The zero-order chi connectivity index (χ0) is 57.3. The molecule has 0 heterocycles. The van der Waals surface area contributed by atoms with Crippen molar-refractivity contribution >= 4 is 7.82 Å². The third-order valence-corrected chi connectivity index (χ3v) is 8.93. The molecule has 0 saturated carbocycles. The zero-order valence-corrected chi connectivity index (χ0v) is 30.7. The molecule has 0 aliphatic rings.